The summed E-state index contributed by atoms with van der Waals surface area (Å²) in [6.45, 7) is 4.29. The van der Waals surface area contributed by atoms with E-state index in [9.17, 15) is 0 Å². The van der Waals surface area contributed by atoms with Gasteiger partial charge < -0.3 is 4.74 Å². The molecule has 3 nitrogen and oxygen atoms in total. The van der Waals surface area contributed by atoms with Gasteiger partial charge in [0.1, 0.15) is 0 Å². The maximum absolute atomic E-state index is 5.80. The van der Waals surface area contributed by atoms with E-state index in [2.05, 4.69) is 57.8 Å². The van der Waals surface area contributed by atoms with E-state index in [1.807, 2.05) is 6.20 Å². The second-order valence-corrected chi connectivity index (χ2v) is 6.09. The molecule has 0 N–H and O–H groups in total. The number of aromatic nitrogens is 2. The third-order valence-corrected chi connectivity index (χ3v) is 4.07. The van der Waals surface area contributed by atoms with Gasteiger partial charge >= 0.3 is 0 Å². The summed E-state index contributed by atoms with van der Waals surface area (Å²) < 4.78 is 9.06. The van der Waals surface area contributed by atoms with Gasteiger partial charge in [0.2, 0.25) is 0 Å². The zero-order valence-corrected chi connectivity index (χ0v) is 12.2. The fourth-order valence-corrected chi connectivity index (χ4v) is 3.22. The van der Waals surface area contributed by atoms with E-state index in [1.165, 1.54) is 10.9 Å². The van der Waals surface area contributed by atoms with E-state index < -0.39 is 0 Å². The van der Waals surface area contributed by atoms with Crippen molar-refractivity contribution < 1.29 is 4.74 Å². The molecule has 0 saturated carbocycles. The third-order valence-electron chi connectivity index (χ3n) is 3.58. The van der Waals surface area contributed by atoms with Crippen molar-refractivity contribution in [1.29, 1.82) is 0 Å². The molecule has 1 aromatic carbocycles. The van der Waals surface area contributed by atoms with Crippen LogP contribution in [0, 0.1) is 0 Å². The minimum Gasteiger partial charge on any atom is -0.375 e. The lowest BCUT2D eigenvalue weighted by Crippen LogP contribution is -2.31. The highest BCUT2D eigenvalue weighted by Crippen LogP contribution is 2.31. The average Bonchev–Trinajstić information content (AvgIpc) is 2.70. The Morgan fingerprint density at radius 2 is 2.00 bits per heavy atom. The van der Waals surface area contributed by atoms with E-state index in [0.29, 0.717) is 18.2 Å². The maximum atomic E-state index is 5.80. The molecule has 0 amide bonds. The van der Waals surface area contributed by atoms with Gasteiger partial charge in [-0.1, -0.05) is 22.0 Å². The lowest BCUT2D eigenvalue weighted by molar-refractivity contribution is -0.0499. The molecule has 96 valence electrons. The molecule has 18 heavy (non-hydrogen) atoms. The molecule has 2 heterocycles. The summed E-state index contributed by atoms with van der Waals surface area (Å²) in [5, 5.41) is 5.77. The molecule has 0 bridgehead atoms. The molecule has 1 fully saturated rings. The monoisotopic (exact) mass is 308 g/mol. The van der Waals surface area contributed by atoms with Crippen molar-refractivity contribution in [2.45, 2.75) is 44.9 Å². The van der Waals surface area contributed by atoms with Gasteiger partial charge in [0.25, 0.3) is 0 Å². The number of nitrogens with zero attached hydrogens (tertiary/aromatic N) is 2. The normalized spacial score (nSPS) is 28.7. The van der Waals surface area contributed by atoms with Gasteiger partial charge in [0.05, 0.1) is 30.0 Å². The van der Waals surface area contributed by atoms with Crippen molar-refractivity contribution in [3.05, 3.63) is 28.9 Å². The van der Waals surface area contributed by atoms with E-state index in [4.69, 9.17) is 4.74 Å². The molecule has 4 heteroatoms. The molecule has 1 aliphatic heterocycles. The largest absolute Gasteiger partial charge is 0.375 e. The first-order chi connectivity index (χ1) is 8.63. The van der Waals surface area contributed by atoms with Crippen LogP contribution in [-0.4, -0.2) is 22.0 Å². The van der Waals surface area contributed by atoms with Crippen molar-refractivity contribution in [3.8, 4) is 0 Å². The molecule has 0 radical (unpaired) electrons. The first-order valence-electron chi connectivity index (χ1n) is 6.41. The Balaban J connectivity index is 2.00. The van der Waals surface area contributed by atoms with E-state index >= 15 is 0 Å². The second-order valence-electron chi connectivity index (χ2n) is 5.17. The smallest absolute Gasteiger partial charge is 0.0696 e. The Kier molecular flexibility index (Phi) is 3.16. The zero-order valence-electron chi connectivity index (χ0n) is 10.6. The van der Waals surface area contributed by atoms with Gasteiger partial charge in [-0.05, 0) is 38.8 Å². The molecule has 1 saturated heterocycles. The molecule has 1 aromatic heterocycles. The minimum absolute atomic E-state index is 0.310. The summed E-state index contributed by atoms with van der Waals surface area (Å²) in [5.41, 5.74) is 1.20. The van der Waals surface area contributed by atoms with Gasteiger partial charge in [-0.3, -0.25) is 4.68 Å². The first kappa shape index (κ1) is 12.2. The Bertz CT molecular complexity index is 556. The van der Waals surface area contributed by atoms with Crippen LogP contribution in [0.1, 0.15) is 32.7 Å². The summed E-state index contributed by atoms with van der Waals surface area (Å²) in [6, 6.07) is 6.75. The van der Waals surface area contributed by atoms with E-state index in [0.717, 1.165) is 17.3 Å². The summed E-state index contributed by atoms with van der Waals surface area (Å²) in [4.78, 5) is 0. The number of ether oxygens (including phenoxy) is 1. The Morgan fingerprint density at radius 1 is 1.28 bits per heavy atom. The van der Waals surface area contributed by atoms with E-state index in [1.54, 1.807) is 0 Å². The topological polar surface area (TPSA) is 27.1 Å². The van der Waals surface area contributed by atoms with Crippen LogP contribution in [0.25, 0.3) is 10.9 Å². The predicted molar refractivity (Wildman–Crippen MR) is 75.7 cm³/mol. The van der Waals surface area contributed by atoms with Crippen molar-refractivity contribution in [2.75, 3.05) is 0 Å². The van der Waals surface area contributed by atoms with Gasteiger partial charge in [-0.15, -0.1) is 0 Å². The van der Waals surface area contributed by atoms with Crippen LogP contribution in [0.5, 0.6) is 0 Å². The number of hydrogen-bond donors (Lipinski definition) is 0. The van der Waals surface area contributed by atoms with Crippen LogP contribution in [0.15, 0.2) is 28.9 Å². The number of benzene rings is 1. The number of hydrogen-bond acceptors (Lipinski definition) is 2. The summed E-state index contributed by atoms with van der Waals surface area (Å²) in [5.74, 6) is 0. The Morgan fingerprint density at radius 3 is 2.72 bits per heavy atom. The Labute approximate surface area is 115 Å². The van der Waals surface area contributed by atoms with Crippen LogP contribution in [0.4, 0.5) is 0 Å². The molecule has 2 unspecified atom stereocenters. The molecule has 3 atom stereocenters. The lowest BCUT2D eigenvalue weighted by atomic mass is 10.00. The second kappa shape index (κ2) is 4.67. The van der Waals surface area contributed by atoms with E-state index in [-0.39, 0.29) is 0 Å². The molecule has 1 aliphatic rings. The fraction of sp³-hybridized carbons (Fsp3) is 0.500. The lowest BCUT2D eigenvalue weighted by Gasteiger charge is -2.32. The molecule has 0 aliphatic carbocycles. The molecular weight excluding hydrogens is 292 g/mol. The van der Waals surface area contributed by atoms with Crippen molar-refractivity contribution in [1.82, 2.24) is 9.78 Å². The summed E-state index contributed by atoms with van der Waals surface area (Å²) >= 11 is 3.53. The SMILES string of the molecule is CC1CC(n2ncc3ccc(Br)cc32)C[C@@H](C)O1. The van der Waals surface area contributed by atoms with Crippen LogP contribution in [-0.2, 0) is 4.74 Å². The van der Waals surface area contributed by atoms with Crippen molar-refractivity contribution >= 4 is 26.8 Å². The molecule has 2 aromatic rings. The Hall–Kier alpha value is -0.870. The fourth-order valence-electron chi connectivity index (χ4n) is 2.87. The van der Waals surface area contributed by atoms with Gasteiger partial charge in [0, 0.05) is 9.86 Å². The maximum Gasteiger partial charge on any atom is 0.0696 e. The highest BCUT2D eigenvalue weighted by molar-refractivity contribution is 9.10. The zero-order chi connectivity index (χ0) is 12.7. The molecular formula is C14H17BrN2O. The number of halogens is 1. The van der Waals surface area contributed by atoms with Gasteiger partial charge in [-0.25, -0.2) is 0 Å². The molecule has 0 spiro atoms. The van der Waals surface area contributed by atoms with Crippen LogP contribution in [0.3, 0.4) is 0 Å². The first-order valence-corrected chi connectivity index (χ1v) is 7.21. The average molecular weight is 309 g/mol. The summed E-state index contributed by atoms with van der Waals surface area (Å²) in [6.07, 6.45) is 4.64. The van der Waals surface area contributed by atoms with Crippen LogP contribution in [0.2, 0.25) is 0 Å². The third kappa shape index (κ3) is 2.19. The standard InChI is InChI=1S/C14H17BrN2O/c1-9-5-13(6-10(2)18-9)17-14-7-12(15)4-3-11(14)8-16-17/h3-4,7-10,13H,5-6H2,1-2H3/t9-,10?,13?/m1/s1. The number of fused-ring (bicyclic) bond motifs is 1. The van der Waals surface area contributed by atoms with Crippen molar-refractivity contribution in [2.24, 2.45) is 0 Å². The van der Waals surface area contributed by atoms with Gasteiger partial charge in [-0.2, -0.15) is 5.10 Å². The quantitative estimate of drug-likeness (QED) is 0.798. The van der Waals surface area contributed by atoms with Crippen molar-refractivity contribution in [3.63, 3.8) is 0 Å². The van der Waals surface area contributed by atoms with Gasteiger partial charge in [0.15, 0.2) is 0 Å². The molecule has 3 rings (SSSR count). The minimum atomic E-state index is 0.310. The summed E-state index contributed by atoms with van der Waals surface area (Å²) in [7, 11) is 0. The van der Waals surface area contributed by atoms with Crippen LogP contribution >= 0.6 is 15.9 Å². The predicted octanol–water partition coefficient (Wildman–Crippen LogP) is 3.93. The highest BCUT2D eigenvalue weighted by Gasteiger charge is 2.27. The highest BCUT2D eigenvalue weighted by atomic mass is 79.9. The number of rotatable bonds is 1. The van der Waals surface area contributed by atoms with Crippen LogP contribution < -0.4 is 0 Å².